The maximum atomic E-state index is 12.2. The Labute approximate surface area is 118 Å². The van der Waals surface area contributed by atoms with Crippen molar-refractivity contribution in [3.63, 3.8) is 0 Å². The van der Waals surface area contributed by atoms with E-state index in [1.165, 1.54) is 10.6 Å². The number of hydrogen-bond acceptors (Lipinski definition) is 3. The largest absolute Gasteiger partial charge is 0.462 e. The number of aromatic nitrogens is 1. The van der Waals surface area contributed by atoms with E-state index in [1.807, 2.05) is 51.1 Å². The highest BCUT2D eigenvalue weighted by Crippen LogP contribution is 2.07. The lowest BCUT2D eigenvalue weighted by molar-refractivity contribution is 0.0964. The first-order valence-electron chi connectivity index (χ1n) is 6.56. The minimum Gasteiger partial charge on any atom is -0.462 e. The molecular formula is C16H18N2O2. The van der Waals surface area contributed by atoms with Crippen LogP contribution in [0.25, 0.3) is 6.08 Å². The summed E-state index contributed by atoms with van der Waals surface area (Å²) in [6.45, 7) is 5.82. The van der Waals surface area contributed by atoms with Crippen molar-refractivity contribution in [2.24, 2.45) is 4.99 Å². The molecule has 0 N–H and O–H groups in total. The molecule has 2 aromatic rings. The number of aryl methyl sites for hydroxylation is 1. The van der Waals surface area contributed by atoms with Gasteiger partial charge in [0, 0.05) is 18.3 Å². The molecule has 0 amide bonds. The van der Waals surface area contributed by atoms with Gasteiger partial charge in [-0.05, 0) is 51.1 Å². The standard InChI is InChI=1S/C16H18N2O2/c1-12(2)17-15-6-4-5-11-18(15)16(19)10-9-14-8-7-13(3)20-14/h4-12H,1-3H3/b10-9+,17-15?. The lowest BCUT2D eigenvalue weighted by Crippen LogP contribution is -2.26. The molecule has 0 fully saturated rings. The van der Waals surface area contributed by atoms with Gasteiger partial charge in [0.25, 0.3) is 5.91 Å². The predicted molar refractivity (Wildman–Crippen MR) is 78.2 cm³/mol. The predicted octanol–water partition coefficient (Wildman–Crippen LogP) is 3.05. The molecule has 2 aromatic heterocycles. The van der Waals surface area contributed by atoms with E-state index in [2.05, 4.69) is 4.99 Å². The van der Waals surface area contributed by atoms with Gasteiger partial charge < -0.3 is 4.42 Å². The second kappa shape index (κ2) is 6.19. The molecule has 4 nitrogen and oxygen atoms in total. The fraction of sp³-hybridized carbons (Fsp3) is 0.250. The lowest BCUT2D eigenvalue weighted by atomic mass is 10.3. The molecule has 0 aliphatic carbocycles. The molecule has 0 aliphatic rings. The molecule has 0 radical (unpaired) electrons. The summed E-state index contributed by atoms with van der Waals surface area (Å²) in [4.78, 5) is 16.6. The third-order valence-corrected chi connectivity index (χ3v) is 2.62. The van der Waals surface area contributed by atoms with Crippen molar-refractivity contribution in [1.82, 2.24) is 4.57 Å². The molecule has 0 aliphatic heterocycles. The van der Waals surface area contributed by atoms with Crippen LogP contribution in [0.5, 0.6) is 0 Å². The van der Waals surface area contributed by atoms with Crippen LogP contribution < -0.4 is 5.49 Å². The number of furan rings is 1. The van der Waals surface area contributed by atoms with Gasteiger partial charge in [-0.1, -0.05) is 6.07 Å². The number of nitrogens with zero attached hydrogens (tertiary/aromatic N) is 2. The Bertz CT molecular complexity index is 690. The third-order valence-electron chi connectivity index (χ3n) is 2.62. The quantitative estimate of drug-likeness (QED) is 0.805. The molecule has 0 bridgehead atoms. The van der Waals surface area contributed by atoms with E-state index in [9.17, 15) is 4.79 Å². The third kappa shape index (κ3) is 3.57. The Morgan fingerprint density at radius 3 is 2.75 bits per heavy atom. The summed E-state index contributed by atoms with van der Waals surface area (Å²) >= 11 is 0. The van der Waals surface area contributed by atoms with E-state index >= 15 is 0 Å². The molecule has 2 heterocycles. The first-order valence-corrected chi connectivity index (χ1v) is 6.56. The molecule has 104 valence electrons. The van der Waals surface area contributed by atoms with Crippen molar-refractivity contribution in [1.29, 1.82) is 0 Å². The smallest absolute Gasteiger partial charge is 0.256 e. The van der Waals surface area contributed by atoms with Crippen LogP contribution in [0.15, 0.2) is 52.0 Å². The van der Waals surface area contributed by atoms with Gasteiger partial charge in [-0.25, -0.2) is 0 Å². The van der Waals surface area contributed by atoms with Gasteiger partial charge in [0.05, 0.1) is 0 Å². The SMILES string of the molecule is Cc1ccc(/C=C/C(=O)n2ccccc2=NC(C)C)o1. The first kappa shape index (κ1) is 14.1. The number of rotatable bonds is 3. The fourth-order valence-corrected chi connectivity index (χ4v) is 1.77. The van der Waals surface area contributed by atoms with Gasteiger partial charge in [0.1, 0.15) is 17.0 Å². The van der Waals surface area contributed by atoms with Gasteiger partial charge in [-0.15, -0.1) is 0 Å². The average Bonchev–Trinajstić information content (AvgIpc) is 2.82. The Hall–Kier alpha value is -2.36. The van der Waals surface area contributed by atoms with Crippen molar-refractivity contribution in [3.8, 4) is 0 Å². The van der Waals surface area contributed by atoms with Crippen LogP contribution in [0, 0.1) is 6.92 Å². The van der Waals surface area contributed by atoms with Crippen molar-refractivity contribution in [2.45, 2.75) is 26.8 Å². The molecule has 0 aromatic carbocycles. The van der Waals surface area contributed by atoms with Gasteiger partial charge in [-0.2, -0.15) is 0 Å². The van der Waals surface area contributed by atoms with E-state index in [0.29, 0.717) is 11.2 Å². The van der Waals surface area contributed by atoms with E-state index in [4.69, 9.17) is 4.42 Å². The van der Waals surface area contributed by atoms with Gasteiger partial charge in [0.15, 0.2) is 0 Å². The molecule has 0 atom stereocenters. The fourth-order valence-electron chi connectivity index (χ4n) is 1.77. The molecule has 0 spiro atoms. The summed E-state index contributed by atoms with van der Waals surface area (Å²) in [6, 6.07) is 9.32. The molecule has 0 unspecified atom stereocenters. The van der Waals surface area contributed by atoms with Gasteiger partial charge >= 0.3 is 0 Å². The zero-order chi connectivity index (χ0) is 14.5. The second-order valence-electron chi connectivity index (χ2n) is 4.77. The molecular weight excluding hydrogens is 252 g/mol. The number of hydrogen-bond donors (Lipinski definition) is 0. The Morgan fingerprint density at radius 2 is 2.10 bits per heavy atom. The number of allylic oxidation sites excluding steroid dienone is 1. The Balaban J connectivity index is 2.28. The van der Waals surface area contributed by atoms with Crippen LogP contribution in [0.3, 0.4) is 0 Å². The van der Waals surface area contributed by atoms with E-state index in [0.717, 1.165) is 5.76 Å². The molecule has 0 saturated carbocycles. The lowest BCUT2D eigenvalue weighted by Gasteiger charge is -2.03. The van der Waals surface area contributed by atoms with Crippen LogP contribution in [0.2, 0.25) is 0 Å². The van der Waals surface area contributed by atoms with E-state index < -0.39 is 0 Å². The Kier molecular flexibility index (Phi) is 4.35. The van der Waals surface area contributed by atoms with Crippen LogP contribution in [-0.2, 0) is 0 Å². The van der Waals surface area contributed by atoms with Crippen LogP contribution >= 0.6 is 0 Å². The van der Waals surface area contributed by atoms with Gasteiger partial charge in [-0.3, -0.25) is 14.4 Å². The number of carbonyl (C=O) groups is 1. The molecule has 0 saturated heterocycles. The highest BCUT2D eigenvalue weighted by Gasteiger charge is 2.02. The maximum absolute atomic E-state index is 12.2. The maximum Gasteiger partial charge on any atom is 0.256 e. The minimum atomic E-state index is -0.154. The second-order valence-corrected chi connectivity index (χ2v) is 4.77. The van der Waals surface area contributed by atoms with E-state index in [1.54, 1.807) is 12.3 Å². The minimum absolute atomic E-state index is 0.133. The van der Waals surface area contributed by atoms with Crippen LogP contribution in [0.1, 0.15) is 30.2 Å². The highest BCUT2D eigenvalue weighted by molar-refractivity contribution is 5.93. The Morgan fingerprint density at radius 1 is 1.30 bits per heavy atom. The average molecular weight is 270 g/mol. The van der Waals surface area contributed by atoms with Gasteiger partial charge in [0.2, 0.25) is 0 Å². The normalized spacial score (nSPS) is 12.5. The van der Waals surface area contributed by atoms with Crippen molar-refractivity contribution in [3.05, 3.63) is 59.6 Å². The highest BCUT2D eigenvalue weighted by atomic mass is 16.3. The van der Waals surface area contributed by atoms with Crippen LogP contribution in [-0.4, -0.2) is 16.5 Å². The molecule has 2 rings (SSSR count). The monoisotopic (exact) mass is 270 g/mol. The zero-order valence-electron chi connectivity index (χ0n) is 11.9. The topological polar surface area (TPSA) is 47.5 Å². The molecule has 20 heavy (non-hydrogen) atoms. The number of carbonyl (C=O) groups excluding carboxylic acids is 1. The zero-order valence-corrected chi connectivity index (χ0v) is 11.9. The summed E-state index contributed by atoms with van der Waals surface area (Å²) < 4.78 is 6.91. The summed E-state index contributed by atoms with van der Waals surface area (Å²) in [5.41, 5.74) is 0.646. The molecule has 4 heteroatoms. The van der Waals surface area contributed by atoms with Crippen molar-refractivity contribution >= 4 is 12.0 Å². The van der Waals surface area contributed by atoms with E-state index in [-0.39, 0.29) is 11.9 Å². The summed E-state index contributed by atoms with van der Waals surface area (Å²) in [5, 5.41) is 0. The first-order chi connectivity index (χ1) is 9.56. The number of pyridine rings is 1. The summed E-state index contributed by atoms with van der Waals surface area (Å²) in [7, 11) is 0. The van der Waals surface area contributed by atoms with Crippen molar-refractivity contribution < 1.29 is 9.21 Å². The summed E-state index contributed by atoms with van der Waals surface area (Å²) in [5.74, 6) is 1.33. The van der Waals surface area contributed by atoms with Crippen LogP contribution in [0.4, 0.5) is 0 Å². The van der Waals surface area contributed by atoms with Crippen molar-refractivity contribution in [2.75, 3.05) is 0 Å². The summed E-state index contributed by atoms with van der Waals surface area (Å²) in [6.07, 6.45) is 4.85.